The van der Waals surface area contributed by atoms with Crippen molar-refractivity contribution in [2.24, 2.45) is 0 Å². The minimum absolute atomic E-state index is 0.00407. The second-order valence-electron chi connectivity index (χ2n) is 6.39. The van der Waals surface area contributed by atoms with E-state index in [0.29, 0.717) is 18.7 Å². The fraction of sp³-hybridized carbons (Fsp3) is 0.350. The van der Waals surface area contributed by atoms with Crippen molar-refractivity contribution in [2.45, 2.75) is 32.4 Å². The van der Waals surface area contributed by atoms with E-state index in [1.165, 1.54) is 11.6 Å². The molecule has 2 N–H and O–H groups in total. The molecule has 24 heavy (non-hydrogen) atoms. The Balaban J connectivity index is 1.72. The Labute approximate surface area is 143 Å². The van der Waals surface area contributed by atoms with Gasteiger partial charge in [0.05, 0.1) is 7.05 Å². The molecule has 2 atom stereocenters. The van der Waals surface area contributed by atoms with Crippen LogP contribution >= 0.6 is 0 Å². The first-order valence-electron chi connectivity index (χ1n) is 8.42. The van der Waals surface area contributed by atoms with Gasteiger partial charge >= 0.3 is 0 Å². The standard InChI is InChI=1S/C20H25FN2O/c1-16(12-13-17-8-4-3-5-9-17)22-20(24)15-23(2)14-18-10-6-7-11-19(18)21/h3-11,16H,12-15H2,1-2H3,(H,22,24)/p+1/t16-/m0/s1. The lowest BCUT2D eigenvalue weighted by atomic mass is 10.1. The minimum Gasteiger partial charge on any atom is -0.349 e. The van der Waals surface area contributed by atoms with Crippen molar-refractivity contribution in [1.82, 2.24) is 5.32 Å². The lowest BCUT2D eigenvalue weighted by molar-refractivity contribution is -0.885. The van der Waals surface area contributed by atoms with Crippen LogP contribution in [0.3, 0.4) is 0 Å². The SMILES string of the molecule is C[C@@H](CCc1ccccc1)NC(=O)C[NH+](C)Cc1ccccc1F. The van der Waals surface area contributed by atoms with Crippen molar-refractivity contribution >= 4 is 5.91 Å². The average molecular weight is 329 g/mol. The molecule has 2 rings (SSSR count). The first-order valence-corrected chi connectivity index (χ1v) is 8.42. The lowest BCUT2D eigenvalue weighted by Gasteiger charge is -2.17. The van der Waals surface area contributed by atoms with Gasteiger partial charge in [-0.2, -0.15) is 0 Å². The van der Waals surface area contributed by atoms with E-state index < -0.39 is 0 Å². The van der Waals surface area contributed by atoms with Gasteiger partial charge in [-0.25, -0.2) is 4.39 Å². The Bertz CT molecular complexity index is 645. The summed E-state index contributed by atoms with van der Waals surface area (Å²) in [6.07, 6.45) is 1.85. The van der Waals surface area contributed by atoms with Crippen LogP contribution in [-0.2, 0) is 17.8 Å². The molecule has 3 nitrogen and oxygen atoms in total. The first-order chi connectivity index (χ1) is 11.5. The highest BCUT2D eigenvalue weighted by Crippen LogP contribution is 2.05. The molecular formula is C20H26FN2O+. The van der Waals surface area contributed by atoms with Crippen LogP contribution in [0.5, 0.6) is 0 Å². The van der Waals surface area contributed by atoms with Gasteiger partial charge in [-0.3, -0.25) is 4.79 Å². The number of halogens is 1. The number of hydrogen-bond acceptors (Lipinski definition) is 1. The minimum atomic E-state index is -0.214. The molecular weight excluding hydrogens is 303 g/mol. The average Bonchev–Trinajstić information content (AvgIpc) is 2.56. The van der Waals surface area contributed by atoms with Gasteiger partial charge < -0.3 is 10.2 Å². The van der Waals surface area contributed by atoms with Crippen LogP contribution in [0.1, 0.15) is 24.5 Å². The van der Waals surface area contributed by atoms with E-state index in [0.717, 1.165) is 17.7 Å². The molecule has 0 aromatic heterocycles. The van der Waals surface area contributed by atoms with Gasteiger partial charge in [0.25, 0.3) is 5.91 Å². The van der Waals surface area contributed by atoms with Crippen LogP contribution in [-0.4, -0.2) is 25.5 Å². The molecule has 4 heteroatoms. The van der Waals surface area contributed by atoms with Crippen molar-refractivity contribution in [3.8, 4) is 0 Å². The number of aryl methyl sites for hydroxylation is 1. The maximum Gasteiger partial charge on any atom is 0.275 e. The number of nitrogens with one attached hydrogen (secondary N) is 2. The Morgan fingerprint density at radius 3 is 2.50 bits per heavy atom. The summed E-state index contributed by atoms with van der Waals surface area (Å²) in [7, 11) is 1.90. The molecule has 1 unspecified atom stereocenters. The summed E-state index contributed by atoms with van der Waals surface area (Å²) in [5.74, 6) is -0.210. The summed E-state index contributed by atoms with van der Waals surface area (Å²) in [5, 5.41) is 3.03. The first kappa shape index (κ1) is 18.1. The maximum absolute atomic E-state index is 13.6. The molecule has 128 valence electrons. The molecule has 0 radical (unpaired) electrons. The van der Waals surface area contributed by atoms with Crippen molar-refractivity contribution in [2.75, 3.05) is 13.6 Å². The van der Waals surface area contributed by atoms with Gasteiger partial charge in [-0.1, -0.05) is 48.5 Å². The second-order valence-corrected chi connectivity index (χ2v) is 6.39. The zero-order valence-corrected chi connectivity index (χ0v) is 14.4. The number of benzene rings is 2. The molecule has 0 saturated heterocycles. The van der Waals surface area contributed by atoms with Gasteiger partial charge in [0, 0.05) is 11.6 Å². The zero-order valence-electron chi connectivity index (χ0n) is 14.4. The highest BCUT2D eigenvalue weighted by atomic mass is 19.1. The number of amides is 1. The highest BCUT2D eigenvalue weighted by molar-refractivity contribution is 5.77. The molecule has 0 spiro atoms. The molecule has 2 aromatic carbocycles. The van der Waals surface area contributed by atoms with E-state index in [2.05, 4.69) is 17.4 Å². The molecule has 2 aromatic rings. The number of carbonyl (C=O) groups is 1. The maximum atomic E-state index is 13.6. The van der Waals surface area contributed by atoms with Crippen LogP contribution in [0.25, 0.3) is 0 Å². The van der Waals surface area contributed by atoms with Crippen LogP contribution in [0, 0.1) is 5.82 Å². The molecule has 0 heterocycles. The summed E-state index contributed by atoms with van der Waals surface area (Å²) in [4.78, 5) is 13.1. The Morgan fingerprint density at radius 2 is 1.79 bits per heavy atom. The number of hydrogen-bond donors (Lipinski definition) is 2. The molecule has 0 aliphatic heterocycles. The van der Waals surface area contributed by atoms with E-state index in [4.69, 9.17) is 0 Å². The van der Waals surface area contributed by atoms with Gasteiger partial charge in [0.1, 0.15) is 12.4 Å². The zero-order chi connectivity index (χ0) is 17.4. The largest absolute Gasteiger partial charge is 0.349 e. The van der Waals surface area contributed by atoms with E-state index >= 15 is 0 Å². The van der Waals surface area contributed by atoms with E-state index in [9.17, 15) is 9.18 Å². The monoisotopic (exact) mass is 329 g/mol. The second kappa shape index (κ2) is 9.18. The Morgan fingerprint density at radius 1 is 1.12 bits per heavy atom. The third kappa shape index (κ3) is 6.13. The summed E-state index contributed by atoms with van der Waals surface area (Å²) in [6, 6.07) is 17.1. The fourth-order valence-corrected chi connectivity index (χ4v) is 2.73. The summed E-state index contributed by atoms with van der Waals surface area (Å²) < 4.78 is 13.6. The summed E-state index contributed by atoms with van der Waals surface area (Å²) in [6.45, 7) is 2.86. The highest BCUT2D eigenvalue weighted by Gasteiger charge is 2.14. The normalized spacial score (nSPS) is 13.3. The molecule has 0 bridgehead atoms. The van der Waals surface area contributed by atoms with Gasteiger partial charge in [-0.05, 0) is 31.4 Å². The van der Waals surface area contributed by atoms with E-state index in [1.807, 2.05) is 38.2 Å². The molecule has 0 fully saturated rings. The Hall–Kier alpha value is -2.20. The van der Waals surface area contributed by atoms with E-state index in [1.54, 1.807) is 12.1 Å². The lowest BCUT2D eigenvalue weighted by Crippen LogP contribution is -3.09. The fourth-order valence-electron chi connectivity index (χ4n) is 2.73. The van der Waals surface area contributed by atoms with Crippen LogP contribution in [0.4, 0.5) is 4.39 Å². The van der Waals surface area contributed by atoms with Gasteiger partial charge in [0.2, 0.25) is 0 Å². The summed E-state index contributed by atoms with van der Waals surface area (Å²) in [5.41, 5.74) is 1.92. The third-order valence-corrected chi connectivity index (χ3v) is 4.03. The van der Waals surface area contributed by atoms with Crippen LogP contribution in [0.15, 0.2) is 54.6 Å². The van der Waals surface area contributed by atoms with Gasteiger partial charge in [0.15, 0.2) is 6.54 Å². The van der Waals surface area contributed by atoms with E-state index in [-0.39, 0.29) is 17.8 Å². The molecule has 0 aliphatic carbocycles. The van der Waals surface area contributed by atoms with Crippen LogP contribution in [0.2, 0.25) is 0 Å². The Kier molecular flexibility index (Phi) is 6.94. The molecule has 0 aliphatic rings. The van der Waals surface area contributed by atoms with Crippen molar-refractivity contribution in [1.29, 1.82) is 0 Å². The smallest absolute Gasteiger partial charge is 0.275 e. The third-order valence-electron chi connectivity index (χ3n) is 4.03. The van der Waals surface area contributed by atoms with Crippen molar-refractivity contribution in [3.63, 3.8) is 0 Å². The predicted molar refractivity (Wildman–Crippen MR) is 94.2 cm³/mol. The molecule has 1 amide bonds. The van der Waals surface area contributed by atoms with Crippen molar-refractivity contribution < 1.29 is 14.1 Å². The number of likely N-dealkylation sites (N-methyl/N-ethyl adjacent to an activating group) is 1. The topological polar surface area (TPSA) is 33.5 Å². The predicted octanol–water partition coefficient (Wildman–Crippen LogP) is 1.98. The van der Waals surface area contributed by atoms with Crippen molar-refractivity contribution in [3.05, 3.63) is 71.5 Å². The van der Waals surface area contributed by atoms with Crippen LogP contribution < -0.4 is 10.2 Å². The number of rotatable bonds is 8. The number of carbonyl (C=O) groups excluding carboxylic acids is 1. The molecule has 0 saturated carbocycles. The number of quaternary nitrogens is 1. The summed E-state index contributed by atoms with van der Waals surface area (Å²) >= 11 is 0. The van der Waals surface area contributed by atoms with Gasteiger partial charge in [-0.15, -0.1) is 0 Å². The quantitative estimate of drug-likeness (QED) is 0.763.